The lowest BCUT2D eigenvalue weighted by Gasteiger charge is -1.94. The van der Waals surface area contributed by atoms with E-state index in [0.29, 0.717) is 12.2 Å². The Morgan fingerprint density at radius 1 is 1.31 bits per heavy atom. The first-order valence-corrected chi connectivity index (χ1v) is 3.85. The van der Waals surface area contributed by atoms with Crippen LogP contribution in [-0.2, 0) is 9.53 Å². The molecule has 0 aliphatic carbocycles. The van der Waals surface area contributed by atoms with Crippen LogP contribution in [0.1, 0.15) is 5.56 Å². The van der Waals surface area contributed by atoms with Gasteiger partial charge in [-0.05, 0) is 11.6 Å². The number of benzene rings is 1. The van der Waals surface area contributed by atoms with Crippen molar-refractivity contribution in [2.24, 2.45) is 0 Å². The highest BCUT2D eigenvalue weighted by atomic mass is 16.5. The molecule has 66 valence electrons. The van der Waals surface area contributed by atoms with Gasteiger partial charge in [0.05, 0.1) is 0 Å². The van der Waals surface area contributed by atoms with Crippen LogP contribution < -0.4 is 0 Å². The van der Waals surface area contributed by atoms with E-state index in [1.165, 1.54) is 0 Å². The number of allylic oxidation sites excluding steroid dienone is 1. The molecule has 0 saturated heterocycles. The third-order valence-electron chi connectivity index (χ3n) is 1.46. The topological polar surface area (TPSA) is 26.3 Å². The highest BCUT2D eigenvalue weighted by Gasteiger charge is 1.86. The summed E-state index contributed by atoms with van der Waals surface area (Å²) in [5.74, 6) is 0.332. The van der Waals surface area contributed by atoms with Crippen molar-refractivity contribution in [3.05, 3.63) is 54.3 Å². The third kappa shape index (κ3) is 3.38. The summed E-state index contributed by atoms with van der Waals surface area (Å²) in [6.07, 6.45) is 3.47. The van der Waals surface area contributed by atoms with Gasteiger partial charge in [0.25, 0.3) is 6.47 Å². The van der Waals surface area contributed by atoms with Crippen LogP contribution in [0.4, 0.5) is 0 Å². The Labute approximate surface area is 77.2 Å². The molecular formula is C11H10O2. The molecule has 0 saturated carbocycles. The predicted molar refractivity (Wildman–Crippen MR) is 51.8 cm³/mol. The van der Waals surface area contributed by atoms with Crippen molar-refractivity contribution in [3.8, 4) is 0 Å². The summed E-state index contributed by atoms with van der Waals surface area (Å²) in [6, 6.07) is 9.70. The lowest BCUT2D eigenvalue weighted by molar-refractivity contribution is -0.124. The SMILES string of the molecule is C=C(C=Cc1ccccc1)OC=O. The summed E-state index contributed by atoms with van der Waals surface area (Å²) in [6.45, 7) is 3.88. The first-order chi connectivity index (χ1) is 6.33. The van der Waals surface area contributed by atoms with E-state index in [9.17, 15) is 4.79 Å². The predicted octanol–water partition coefficient (Wildman–Crippen LogP) is 2.39. The van der Waals surface area contributed by atoms with Crippen LogP contribution in [0.25, 0.3) is 6.08 Å². The minimum atomic E-state index is 0.332. The van der Waals surface area contributed by atoms with Crippen LogP contribution in [0.15, 0.2) is 48.7 Å². The van der Waals surface area contributed by atoms with Gasteiger partial charge >= 0.3 is 0 Å². The first-order valence-electron chi connectivity index (χ1n) is 3.85. The van der Waals surface area contributed by atoms with Gasteiger partial charge in [-0.2, -0.15) is 0 Å². The fourth-order valence-electron chi connectivity index (χ4n) is 0.854. The van der Waals surface area contributed by atoms with Gasteiger partial charge in [0, 0.05) is 0 Å². The van der Waals surface area contributed by atoms with Gasteiger partial charge in [-0.25, -0.2) is 0 Å². The maximum absolute atomic E-state index is 9.91. The molecule has 0 unspecified atom stereocenters. The third-order valence-corrected chi connectivity index (χ3v) is 1.46. The average Bonchev–Trinajstić information content (AvgIpc) is 2.17. The second-order valence-electron chi connectivity index (χ2n) is 2.42. The molecular weight excluding hydrogens is 164 g/mol. The van der Waals surface area contributed by atoms with Gasteiger partial charge in [-0.3, -0.25) is 4.79 Å². The molecule has 0 heterocycles. The Hall–Kier alpha value is -1.83. The molecule has 1 aromatic rings. The minimum Gasteiger partial charge on any atom is -0.429 e. The maximum Gasteiger partial charge on any atom is 0.298 e. The molecule has 0 aromatic heterocycles. The average molecular weight is 174 g/mol. The number of hydrogen-bond acceptors (Lipinski definition) is 2. The highest BCUT2D eigenvalue weighted by Crippen LogP contribution is 2.03. The summed E-state index contributed by atoms with van der Waals surface area (Å²) >= 11 is 0. The number of ether oxygens (including phenoxy) is 1. The summed E-state index contributed by atoms with van der Waals surface area (Å²) in [4.78, 5) is 9.91. The van der Waals surface area contributed by atoms with Gasteiger partial charge in [0.1, 0.15) is 5.76 Å². The van der Waals surface area contributed by atoms with E-state index in [2.05, 4.69) is 11.3 Å². The van der Waals surface area contributed by atoms with Crippen molar-refractivity contribution in [3.63, 3.8) is 0 Å². The van der Waals surface area contributed by atoms with Crippen LogP contribution in [0, 0.1) is 0 Å². The number of rotatable bonds is 4. The molecule has 0 bridgehead atoms. The van der Waals surface area contributed by atoms with Crippen LogP contribution >= 0.6 is 0 Å². The molecule has 1 rings (SSSR count). The Balaban J connectivity index is 2.58. The lowest BCUT2D eigenvalue weighted by atomic mass is 10.2. The Morgan fingerprint density at radius 3 is 2.62 bits per heavy atom. The summed E-state index contributed by atoms with van der Waals surface area (Å²) in [7, 11) is 0. The summed E-state index contributed by atoms with van der Waals surface area (Å²) in [5.41, 5.74) is 1.04. The van der Waals surface area contributed by atoms with Gasteiger partial charge in [-0.1, -0.05) is 43.0 Å². The molecule has 0 aliphatic rings. The Kier molecular flexibility index (Phi) is 3.51. The van der Waals surface area contributed by atoms with Crippen LogP contribution in [0.2, 0.25) is 0 Å². The molecule has 0 amide bonds. The normalized spacial score (nSPS) is 9.85. The van der Waals surface area contributed by atoms with Gasteiger partial charge in [0.2, 0.25) is 0 Å². The second-order valence-corrected chi connectivity index (χ2v) is 2.42. The van der Waals surface area contributed by atoms with Gasteiger partial charge < -0.3 is 4.74 Å². The van der Waals surface area contributed by atoms with E-state index in [1.807, 2.05) is 36.4 Å². The van der Waals surface area contributed by atoms with Crippen LogP contribution in [0.3, 0.4) is 0 Å². The smallest absolute Gasteiger partial charge is 0.298 e. The number of carbonyl (C=O) groups excluding carboxylic acids is 1. The Bertz CT molecular complexity index is 312. The van der Waals surface area contributed by atoms with Crippen molar-refractivity contribution >= 4 is 12.5 Å². The largest absolute Gasteiger partial charge is 0.429 e. The molecule has 0 spiro atoms. The zero-order valence-electron chi connectivity index (χ0n) is 7.14. The highest BCUT2D eigenvalue weighted by molar-refractivity contribution is 5.53. The zero-order chi connectivity index (χ0) is 9.52. The maximum atomic E-state index is 9.91. The molecule has 2 nitrogen and oxygen atoms in total. The summed E-state index contributed by atoms with van der Waals surface area (Å²) in [5, 5.41) is 0. The van der Waals surface area contributed by atoms with E-state index in [-0.39, 0.29) is 0 Å². The molecule has 0 radical (unpaired) electrons. The van der Waals surface area contributed by atoms with E-state index < -0.39 is 0 Å². The van der Waals surface area contributed by atoms with Gasteiger partial charge in [0.15, 0.2) is 0 Å². The van der Waals surface area contributed by atoms with E-state index >= 15 is 0 Å². The van der Waals surface area contributed by atoms with E-state index in [4.69, 9.17) is 0 Å². The molecule has 1 aromatic carbocycles. The summed E-state index contributed by atoms with van der Waals surface area (Å²) < 4.78 is 4.50. The fourth-order valence-corrected chi connectivity index (χ4v) is 0.854. The van der Waals surface area contributed by atoms with Crippen molar-refractivity contribution < 1.29 is 9.53 Å². The first kappa shape index (κ1) is 9.26. The molecule has 0 N–H and O–H groups in total. The molecule has 0 fully saturated rings. The Morgan fingerprint density at radius 2 is 2.00 bits per heavy atom. The molecule has 0 aliphatic heterocycles. The quantitative estimate of drug-likeness (QED) is 0.398. The van der Waals surface area contributed by atoms with Crippen LogP contribution in [-0.4, -0.2) is 6.47 Å². The van der Waals surface area contributed by atoms with Crippen molar-refractivity contribution in [2.75, 3.05) is 0 Å². The van der Waals surface area contributed by atoms with Crippen LogP contribution in [0.5, 0.6) is 0 Å². The monoisotopic (exact) mass is 174 g/mol. The van der Waals surface area contributed by atoms with Gasteiger partial charge in [-0.15, -0.1) is 0 Å². The van der Waals surface area contributed by atoms with Crippen molar-refractivity contribution in [1.82, 2.24) is 0 Å². The lowest BCUT2D eigenvalue weighted by Crippen LogP contribution is -1.82. The molecule has 0 atom stereocenters. The van der Waals surface area contributed by atoms with Crippen molar-refractivity contribution in [1.29, 1.82) is 0 Å². The van der Waals surface area contributed by atoms with E-state index in [1.54, 1.807) is 6.08 Å². The fraction of sp³-hybridized carbons (Fsp3) is 0. The molecule has 2 heteroatoms. The van der Waals surface area contributed by atoms with Crippen molar-refractivity contribution in [2.45, 2.75) is 0 Å². The minimum absolute atomic E-state index is 0.332. The zero-order valence-corrected chi connectivity index (χ0v) is 7.14. The molecule has 13 heavy (non-hydrogen) atoms. The number of hydrogen-bond donors (Lipinski definition) is 0. The standard InChI is InChI=1S/C11H10O2/c1-10(13-9-12)7-8-11-5-3-2-4-6-11/h2-9H,1H2. The van der Waals surface area contributed by atoms with E-state index in [0.717, 1.165) is 5.56 Å². The second kappa shape index (κ2) is 4.93. The number of carbonyl (C=O) groups is 1.